The summed E-state index contributed by atoms with van der Waals surface area (Å²) in [5.41, 5.74) is 5.50. The lowest BCUT2D eigenvalue weighted by molar-refractivity contribution is 0.122. The fourth-order valence-electron chi connectivity index (χ4n) is 2.03. The van der Waals surface area contributed by atoms with Gasteiger partial charge in [-0.3, -0.25) is 0 Å². The lowest BCUT2D eigenvalue weighted by Gasteiger charge is -2.35. The van der Waals surface area contributed by atoms with Crippen molar-refractivity contribution >= 4 is 0 Å². The van der Waals surface area contributed by atoms with Crippen LogP contribution in [0.4, 0.5) is 0 Å². The van der Waals surface area contributed by atoms with Gasteiger partial charge in [0.15, 0.2) is 0 Å². The maximum absolute atomic E-state index is 5.50. The summed E-state index contributed by atoms with van der Waals surface area (Å²) >= 11 is 0. The smallest absolute Gasteiger partial charge is 0.0110 e. The summed E-state index contributed by atoms with van der Waals surface area (Å²) in [6.07, 6.45) is 1.14. The molecule has 1 aliphatic rings. The molecule has 0 aliphatic carbocycles. The monoisotopic (exact) mass is 199 g/mol. The number of hydrogen-bond acceptors (Lipinski definition) is 3. The van der Waals surface area contributed by atoms with Crippen LogP contribution < -0.4 is 5.73 Å². The molecule has 2 N–H and O–H groups in total. The van der Waals surface area contributed by atoms with Gasteiger partial charge in [-0.1, -0.05) is 13.8 Å². The van der Waals surface area contributed by atoms with Gasteiger partial charge >= 0.3 is 0 Å². The molecule has 0 aromatic heterocycles. The highest BCUT2D eigenvalue weighted by atomic mass is 15.3. The second-order valence-electron chi connectivity index (χ2n) is 4.68. The molecular weight excluding hydrogens is 174 g/mol. The van der Waals surface area contributed by atoms with E-state index in [1.807, 2.05) is 0 Å². The van der Waals surface area contributed by atoms with Crippen molar-refractivity contribution in [3.8, 4) is 0 Å². The second-order valence-corrected chi connectivity index (χ2v) is 4.68. The molecule has 3 nitrogen and oxygen atoms in total. The zero-order chi connectivity index (χ0) is 10.4. The minimum absolute atomic E-state index is 0.797. The van der Waals surface area contributed by atoms with Crippen LogP contribution >= 0.6 is 0 Å². The van der Waals surface area contributed by atoms with Crippen molar-refractivity contribution in [3.05, 3.63) is 0 Å². The first-order valence-corrected chi connectivity index (χ1v) is 5.87. The minimum Gasteiger partial charge on any atom is -0.330 e. The van der Waals surface area contributed by atoms with Crippen LogP contribution in [0.25, 0.3) is 0 Å². The van der Waals surface area contributed by atoms with E-state index in [-0.39, 0.29) is 0 Å². The molecule has 0 amide bonds. The van der Waals surface area contributed by atoms with E-state index in [1.165, 1.54) is 39.3 Å². The summed E-state index contributed by atoms with van der Waals surface area (Å²) in [4.78, 5) is 5.10. The Bertz CT molecular complexity index is 139. The van der Waals surface area contributed by atoms with Gasteiger partial charge in [-0.25, -0.2) is 0 Å². The van der Waals surface area contributed by atoms with Crippen molar-refractivity contribution in [3.63, 3.8) is 0 Å². The highest BCUT2D eigenvalue weighted by Gasteiger charge is 2.16. The van der Waals surface area contributed by atoms with Crippen LogP contribution in [-0.4, -0.2) is 55.6 Å². The molecule has 0 aromatic rings. The van der Waals surface area contributed by atoms with E-state index in [9.17, 15) is 0 Å². The Balaban J connectivity index is 2.11. The Hall–Kier alpha value is -0.120. The fraction of sp³-hybridized carbons (Fsp3) is 1.00. The number of nitrogens with two attached hydrogens (primary N) is 1. The molecule has 1 heterocycles. The van der Waals surface area contributed by atoms with E-state index in [1.54, 1.807) is 0 Å². The zero-order valence-corrected chi connectivity index (χ0v) is 9.71. The summed E-state index contributed by atoms with van der Waals surface area (Å²) in [6, 6.07) is 0. The summed E-state index contributed by atoms with van der Waals surface area (Å²) < 4.78 is 0. The highest BCUT2D eigenvalue weighted by Crippen LogP contribution is 2.05. The van der Waals surface area contributed by atoms with E-state index >= 15 is 0 Å². The predicted octanol–water partition coefficient (Wildman–Crippen LogP) is 0.609. The fourth-order valence-corrected chi connectivity index (χ4v) is 2.03. The van der Waals surface area contributed by atoms with Crippen LogP contribution in [0.15, 0.2) is 0 Å². The van der Waals surface area contributed by atoms with Crippen LogP contribution in [-0.2, 0) is 0 Å². The molecule has 0 saturated carbocycles. The third-order valence-electron chi connectivity index (χ3n) is 2.77. The number of piperazine rings is 1. The lowest BCUT2D eigenvalue weighted by Crippen LogP contribution is -2.47. The number of hydrogen-bond donors (Lipinski definition) is 1. The molecule has 14 heavy (non-hydrogen) atoms. The maximum Gasteiger partial charge on any atom is 0.0110 e. The molecule has 0 bridgehead atoms. The Labute approximate surface area is 88.2 Å². The quantitative estimate of drug-likeness (QED) is 0.704. The highest BCUT2D eigenvalue weighted by molar-refractivity contribution is 4.72. The molecule has 0 atom stereocenters. The van der Waals surface area contributed by atoms with Gasteiger partial charge in [0, 0.05) is 32.7 Å². The van der Waals surface area contributed by atoms with E-state index in [0.29, 0.717) is 0 Å². The molecule has 1 saturated heterocycles. The van der Waals surface area contributed by atoms with Crippen molar-refractivity contribution in [2.45, 2.75) is 20.3 Å². The third-order valence-corrected chi connectivity index (χ3v) is 2.77. The van der Waals surface area contributed by atoms with E-state index in [4.69, 9.17) is 5.73 Å². The second kappa shape index (κ2) is 6.38. The van der Waals surface area contributed by atoms with Gasteiger partial charge < -0.3 is 15.5 Å². The standard InChI is InChI=1S/C11H25N3/c1-11(2)10-14-8-6-13(7-9-14)5-3-4-12/h11H,3-10,12H2,1-2H3. The molecule has 0 aromatic carbocycles. The predicted molar refractivity (Wildman–Crippen MR) is 61.4 cm³/mol. The number of nitrogens with zero attached hydrogens (tertiary/aromatic N) is 2. The van der Waals surface area contributed by atoms with Crippen molar-refractivity contribution in [2.75, 3.05) is 45.8 Å². The summed E-state index contributed by atoms with van der Waals surface area (Å²) in [5, 5.41) is 0. The van der Waals surface area contributed by atoms with Crippen LogP contribution in [0, 0.1) is 5.92 Å². The Kier molecular flexibility index (Phi) is 5.45. The van der Waals surface area contributed by atoms with Gasteiger partial charge in [-0.15, -0.1) is 0 Å². The molecule has 0 radical (unpaired) electrons. The molecular formula is C11H25N3. The molecule has 1 aliphatic heterocycles. The first-order chi connectivity index (χ1) is 6.72. The van der Waals surface area contributed by atoms with Gasteiger partial charge in [0.05, 0.1) is 0 Å². The van der Waals surface area contributed by atoms with E-state index in [2.05, 4.69) is 23.6 Å². The van der Waals surface area contributed by atoms with Gasteiger partial charge in [-0.2, -0.15) is 0 Å². The van der Waals surface area contributed by atoms with Crippen LogP contribution in [0.3, 0.4) is 0 Å². The summed E-state index contributed by atoms with van der Waals surface area (Å²) in [5.74, 6) is 0.797. The van der Waals surface area contributed by atoms with Gasteiger partial charge in [0.2, 0.25) is 0 Å². The molecule has 3 heteroatoms. The minimum atomic E-state index is 0.797. The Morgan fingerprint density at radius 3 is 2.14 bits per heavy atom. The average Bonchev–Trinajstić information content (AvgIpc) is 2.16. The summed E-state index contributed by atoms with van der Waals surface area (Å²) in [6.45, 7) is 12.8. The maximum atomic E-state index is 5.50. The van der Waals surface area contributed by atoms with Gasteiger partial charge in [0.25, 0.3) is 0 Å². The van der Waals surface area contributed by atoms with Crippen LogP contribution in [0.5, 0.6) is 0 Å². The van der Waals surface area contributed by atoms with Crippen LogP contribution in [0.2, 0.25) is 0 Å². The Morgan fingerprint density at radius 1 is 1.07 bits per heavy atom. The number of rotatable bonds is 5. The first-order valence-electron chi connectivity index (χ1n) is 5.87. The van der Waals surface area contributed by atoms with Crippen LogP contribution in [0.1, 0.15) is 20.3 Å². The molecule has 0 unspecified atom stereocenters. The molecule has 84 valence electrons. The van der Waals surface area contributed by atoms with E-state index < -0.39 is 0 Å². The lowest BCUT2D eigenvalue weighted by atomic mass is 10.2. The average molecular weight is 199 g/mol. The molecule has 0 spiro atoms. The van der Waals surface area contributed by atoms with Crippen molar-refractivity contribution in [1.29, 1.82) is 0 Å². The zero-order valence-electron chi connectivity index (χ0n) is 9.71. The molecule has 1 fully saturated rings. The Morgan fingerprint density at radius 2 is 1.64 bits per heavy atom. The van der Waals surface area contributed by atoms with Crippen molar-refractivity contribution < 1.29 is 0 Å². The van der Waals surface area contributed by atoms with Gasteiger partial charge in [0.1, 0.15) is 0 Å². The van der Waals surface area contributed by atoms with Crippen molar-refractivity contribution in [2.24, 2.45) is 11.7 Å². The van der Waals surface area contributed by atoms with Gasteiger partial charge in [-0.05, 0) is 25.4 Å². The summed E-state index contributed by atoms with van der Waals surface area (Å²) in [7, 11) is 0. The van der Waals surface area contributed by atoms with Crippen molar-refractivity contribution in [1.82, 2.24) is 9.80 Å². The largest absolute Gasteiger partial charge is 0.330 e. The first kappa shape index (κ1) is 12.0. The third kappa shape index (κ3) is 4.40. The molecule has 1 rings (SSSR count). The van der Waals surface area contributed by atoms with E-state index in [0.717, 1.165) is 18.9 Å². The normalized spacial score (nSPS) is 20.6. The SMILES string of the molecule is CC(C)CN1CCN(CCCN)CC1. The topological polar surface area (TPSA) is 32.5 Å².